The third kappa shape index (κ3) is 2.70. The summed E-state index contributed by atoms with van der Waals surface area (Å²) in [6.45, 7) is 0. The Kier molecular flexibility index (Phi) is 3.84. The number of fused-ring (bicyclic) bond motifs is 1. The summed E-state index contributed by atoms with van der Waals surface area (Å²) in [5.41, 5.74) is 13.8. The van der Waals surface area contributed by atoms with Crippen molar-refractivity contribution in [3.8, 4) is 33.5 Å². The smallest absolute Gasteiger partial charge is 0.181 e. The minimum Gasteiger partial charge on any atom is -0.398 e. The fourth-order valence-electron chi connectivity index (χ4n) is 3.53. The number of aromatic nitrogens is 4. The van der Waals surface area contributed by atoms with E-state index in [4.69, 9.17) is 5.73 Å². The average Bonchev–Trinajstić information content (AvgIpc) is 3.18. The van der Waals surface area contributed by atoms with E-state index in [1.54, 1.807) is 12.4 Å². The van der Waals surface area contributed by atoms with Gasteiger partial charge in [-0.1, -0.05) is 42.5 Å². The third-order valence-corrected chi connectivity index (χ3v) is 4.85. The SMILES string of the molecule is Nc1cccc(-c2ccncc2)c1-c1cnc2n[nH]c(-c3ccccc3)c2c1. The number of pyridine rings is 2. The van der Waals surface area contributed by atoms with E-state index in [1.165, 1.54) is 0 Å². The van der Waals surface area contributed by atoms with Gasteiger partial charge in [0.2, 0.25) is 0 Å². The van der Waals surface area contributed by atoms with Crippen LogP contribution < -0.4 is 5.73 Å². The molecule has 5 aromatic rings. The van der Waals surface area contributed by atoms with Gasteiger partial charge in [-0.05, 0) is 35.4 Å². The lowest BCUT2D eigenvalue weighted by Crippen LogP contribution is -1.94. The first-order chi connectivity index (χ1) is 13.8. The predicted octanol–water partition coefficient (Wildman–Crippen LogP) is 4.94. The molecule has 3 N–H and O–H groups in total. The maximum absolute atomic E-state index is 6.39. The van der Waals surface area contributed by atoms with Gasteiger partial charge in [-0.2, -0.15) is 5.10 Å². The van der Waals surface area contributed by atoms with Crippen molar-refractivity contribution in [2.24, 2.45) is 0 Å². The van der Waals surface area contributed by atoms with E-state index in [1.807, 2.05) is 48.7 Å². The molecule has 134 valence electrons. The molecule has 0 spiro atoms. The van der Waals surface area contributed by atoms with Crippen LogP contribution in [0.4, 0.5) is 5.69 Å². The van der Waals surface area contributed by atoms with Gasteiger partial charge in [0.25, 0.3) is 0 Å². The van der Waals surface area contributed by atoms with Crippen LogP contribution in [0.15, 0.2) is 85.3 Å². The number of benzene rings is 2. The first-order valence-corrected chi connectivity index (χ1v) is 9.00. The Bertz CT molecular complexity index is 1260. The molecule has 0 bridgehead atoms. The normalized spacial score (nSPS) is 11.0. The second kappa shape index (κ2) is 6.63. The zero-order valence-corrected chi connectivity index (χ0v) is 15.0. The zero-order valence-electron chi connectivity index (χ0n) is 15.0. The summed E-state index contributed by atoms with van der Waals surface area (Å²) < 4.78 is 0. The average molecular weight is 363 g/mol. The molecular weight excluding hydrogens is 346 g/mol. The number of anilines is 1. The Morgan fingerprint density at radius 2 is 1.61 bits per heavy atom. The fourth-order valence-corrected chi connectivity index (χ4v) is 3.53. The predicted molar refractivity (Wildman–Crippen MR) is 112 cm³/mol. The van der Waals surface area contributed by atoms with E-state index in [2.05, 4.69) is 44.4 Å². The van der Waals surface area contributed by atoms with Gasteiger partial charge in [-0.15, -0.1) is 0 Å². The van der Waals surface area contributed by atoms with Gasteiger partial charge in [-0.3, -0.25) is 10.1 Å². The van der Waals surface area contributed by atoms with Gasteiger partial charge in [0.1, 0.15) is 0 Å². The summed E-state index contributed by atoms with van der Waals surface area (Å²) in [5.74, 6) is 0. The van der Waals surface area contributed by atoms with Gasteiger partial charge in [0, 0.05) is 46.4 Å². The molecule has 0 aliphatic heterocycles. The van der Waals surface area contributed by atoms with Crippen LogP contribution in [0.3, 0.4) is 0 Å². The van der Waals surface area contributed by atoms with Gasteiger partial charge in [0.15, 0.2) is 5.65 Å². The topological polar surface area (TPSA) is 80.5 Å². The van der Waals surface area contributed by atoms with E-state index in [-0.39, 0.29) is 0 Å². The molecule has 0 saturated carbocycles. The molecule has 0 radical (unpaired) electrons. The number of nitrogens with two attached hydrogens (primary N) is 1. The third-order valence-electron chi connectivity index (χ3n) is 4.85. The number of hydrogen-bond acceptors (Lipinski definition) is 4. The molecule has 0 aliphatic rings. The summed E-state index contributed by atoms with van der Waals surface area (Å²) in [5, 5.41) is 8.44. The monoisotopic (exact) mass is 363 g/mol. The van der Waals surface area contributed by atoms with Gasteiger partial charge < -0.3 is 5.73 Å². The van der Waals surface area contributed by atoms with Crippen LogP contribution in [0.25, 0.3) is 44.5 Å². The van der Waals surface area contributed by atoms with Crippen LogP contribution in [0.1, 0.15) is 0 Å². The van der Waals surface area contributed by atoms with E-state index in [0.717, 1.165) is 38.9 Å². The van der Waals surface area contributed by atoms with Crippen molar-refractivity contribution in [1.29, 1.82) is 0 Å². The van der Waals surface area contributed by atoms with Crippen LogP contribution in [-0.2, 0) is 0 Å². The highest BCUT2D eigenvalue weighted by Crippen LogP contribution is 2.38. The van der Waals surface area contributed by atoms with Crippen molar-refractivity contribution in [3.63, 3.8) is 0 Å². The van der Waals surface area contributed by atoms with E-state index in [9.17, 15) is 0 Å². The fraction of sp³-hybridized carbons (Fsp3) is 0. The largest absolute Gasteiger partial charge is 0.398 e. The highest BCUT2D eigenvalue weighted by atomic mass is 15.1. The van der Waals surface area contributed by atoms with Gasteiger partial charge in [-0.25, -0.2) is 4.98 Å². The Morgan fingerprint density at radius 1 is 0.786 bits per heavy atom. The summed E-state index contributed by atoms with van der Waals surface area (Å²) in [6, 6.07) is 22.1. The number of nitrogens with one attached hydrogen (secondary N) is 1. The maximum atomic E-state index is 6.39. The van der Waals surface area contributed by atoms with Crippen molar-refractivity contribution >= 4 is 16.7 Å². The van der Waals surface area contributed by atoms with Crippen LogP contribution >= 0.6 is 0 Å². The Balaban J connectivity index is 1.73. The van der Waals surface area contributed by atoms with Gasteiger partial charge >= 0.3 is 0 Å². The Hall–Kier alpha value is -3.99. The van der Waals surface area contributed by atoms with E-state index in [0.29, 0.717) is 11.3 Å². The number of rotatable bonds is 3. The van der Waals surface area contributed by atoms with E-state index >= 15 is 0 Å². The van der Waals surface area contributed by atoms with Crippen LogP contribution in [0.5, 0.6) is 0 Å². The van der Waals surface area contributed by atoms with Crippen LogP contribution in [0, 0.1) is 0 Å². The summed E-state index contributed by atoms with van der Waals surface area (Å²) in [4.78, 5) is 8.69. The molecule has 0 atom stereocenters. The zero-order chi connectivity index (χ0) is 18.9. The van der Waals surface area contributed by atoms with Crippen molar-refractivity contribution in [1.82, 2.24) is 20.2 Å². The lowest BCUT2D eigenvalue weighted by Gasteiger charge is -2.13. The molecular formula is C23H17N5. The molecule has 0 saturated heterocycles. The summed E-state index contributed by atoms with van der Waals surface area (Å²) in [6.07, 6.45) is 5.40. The number of nitrogen functional groups attached to an aromatic ring is 1. The summed E-state index contributed by atoms with van der Waals surface area (Å²) in [7, 11) is 0. The van der Waals surface area contributed by atoms with Crippen molar-refractivity contribution < 1.29 is 0 Å². The van der Waals surface area contributed by atoms with Crippen molar-refractivity contribution in [2.45, 2.75) is 0 Å². The standard InChI is InChI=1S/C23H17N5/c24-20-8-4-7-18(15-9-11-25-12-10-15)21(20)17-13-19-22(16-5-2-1-3-6-16)27-28-23(19)26-14-17/h1-14H,24H2,(H,26,27,28). The molecule has 0 amide bonds. The minimum atomic E-state index is 0.683. The molecule has 5 heteroatoms. The molecule has 5 nitrogen and oxygen atoms in total. The second-order valence-corrected chi connectivity index (χ2v) is 6.57. The van der Waals surface area contributed by atoms with Gasteiger partial charge in [0.05, 0.1) is 5.69 Å². The molecule has 0 fully saturated rings. The minimum absolute atomic E-state index is 0.683. The molecule has 3 aromatic heterocycles. The molecule has 28 heavy (non-hydrogen) atoms. The second-order valence-electron chi connectivity index (χ2n) is 6.57. The van der Waals surface area contributed by atoms with Crippen molar-refractivity contribution in [2.75, 3.05) is 5.73 Å². The highest BCUT2D eigenvalue weighted by molar-refractivity contribution is 5.97. The first kappa shape index (κ1) is 16.2. The lowest BCUT2D eigenvalue weighted by atomic mass is 9.94. The van der Waals surface area contributed by atoms with Crippen LogP contribution in [-0.4, -0.2) is 20.2 Å². The number of H-pyrrole nitrogens is 1. The quantitative estimate of drug-likeness (QED) is 0.445. The summed E-state index contributed by atoms with van der Waals surface area (Å²) >= 11 is 0. The molecule has 0 aliphatic carbocycles. The lowest BCUT2D eigenvalue weighted by molar-refractivity contribution is 1.10. The first-order valence-electron chi connectivity index (χ1n) is 9.00. The Labute approximate surface area is 161 Å². The molecule has 2 aromatic carbocycles. The maximum Gasteiger partial charge on any atom is 0.181 e. The Morgan fingerprint density at radius 3 is 2.43 bits per heavy atom. The highest BCUT2D eigenvalue weighted by Gasteiger charge is 2.15. The number of aromatic amines is 1. The molecule has 0 unspecified atom stereocenters. The number of nitrogens with zero attached hydrogens (tertiary/aromatic N) is 3. The number of hydrogen-bond donors (Lipinski definition) is 2. The van der Waals surface area contributed by atoms with Crippen molar-refractivity contribution in [3.05, 3.63) is 85.3 Å². The molecule has 3 heterocycles. The van der Waals surface area contributed by atoms with E-state index < -0.39 is 0 Å². The van der Waals surface area contributed by atoms with Crippen LogP contribution in [0.2, 0.25) is 0 Å². The molecule has 5 rings (SSSR count).